The first-order chi connectivity index (χ1) is 32.6. The number of pyridine rings is 1. The van der Waals surface area contributed by atoms with Crippen molar-refractivity contribution in [3.63, 3.8) is 0 Å². The number of nitrogens with zero attached hydrogens (tertiary/aromatic N) is 5. The lowest BCUT2D eigenvalue weighted by atomic mass is 9.95. The van der Waals surface area contributed by atoms with Gasteiger partial charge in [0.15, 0.2) is 5.82 Å². The molecular formula is C47H95N9O10P3-. The van der Waals surface area contributed by atoms with E-state index in [9.17, 15) is 18.6 Å². The molecule has 3 unspecified atom stereocenters. The highest BCUT2D eigenvalue weighted by molar-refractivity contribution is 7.72. The van der Waals surface area contributed by atoms with Crippen LogP contribution in [0, 0.1) is 0 Å². The van der Waals surface area contributed by atoms with E-state index in [0.717, 1.165) is 43.6 Å². The lowest BCUT2D eigenvalue weighted by Gasteiger charge is -2.30. The van der Waals surface area contributed by atoms with Gasteiger partial charge in [-0.05, 0) is 146 Å². The van der Waals surface area contributed by atoms with Gasteiger partial charge < -0.3 is 39.0 Å². The van der Waals surface area contributed by atoms with Gasteiger partial charge in [0.1, 0.15) is 7.60 Å². The monoisotopic (exact) mass is 1040 g/mol. The summed E-state index contributed by atoms with van der Waals surface area (Å²) < 4.78 is 63.9. The minimum Gasteiger partial charge on any atom is -0.778 e. The summed E-state index contributed by atoms with van der Waals surface area (Å²) in [4.78, 5) is 32.8. The largest absolute Gasteiger partial charge is 0.778 e. The Balaban J connectivity index is 0.000000468. The van der Waals surface area contributed by atoms with Crippen LogP contribution in [-0.2, 0) is 41.2 Å². The third kappa shape index (κ3) is 31.0. The molecule has 2 saturated carbocycles. The molecule has 1 aromatic heterocycles. The van der Waals surface area contributed by atoms with E-state index in [-0.39, 0.29) is 36.8 Å². The van der Waals surface area contributed by atoms with Gasteiger partial charge in [-0.2, -0.15) is 0 Å². The normalized spacial score (nSPS) is 18.4. The molecule has 0 spiro atoms. The first-order valence-corrected chi connectivity index (χ1v) is 30.9. The Labute approximate surface area is 417 Å². The second-order valence-electron chi connectivity index (χ2n) is 18.8. The van der Waals surface area contributed by atoms with Crippen molar-refractivity contribution in [1.82, 2.24) is 26.1 Å². The van der Waals surface area contributed by atoms with Gasteiger partial charge >= 0.3 is 15.2 Å². The van der Waals surface area contributed by atoms with Gasteiger partial charge in [-0.1, -0.05) is 59.3 Å². The molecule has 69 heavy (non-hydrogen) atoms. The molecule has 3 aliphatic rings. The van der Waals surface area contributed by atoms with Crippen LogP contribution >= 0.6 is 22.8 Å². The molecule has 0 bridgehead atoms. The number of amidine groups is 2. The minimum atomic E-state index is -4.30. The minimum absolute atomic E-state index is 0.0547. The summed E-state index contributed by atoms with van der Waals surface area (Å²) in [6.07, 6.45) is 16.9. The maximum Gasteiger partial charge on any atom is 0.342 e. The molecule has 3 atom stereocenters. The zero-order valence-electron chi connectivity index (χ0n) is 45.0. The summed E-state index contributed by atoms with van der Waals surface area (Å²) in [6, 6.07) is 6.35. The molecule has 0 radical (unpaired) electrons. The number of nitrogens with one attached hydrogen (secondary N) is 4. The van der Waals surface area contributed by atoms with Crippen LogP contribution in [-0.4, -0.2) is 111 Å². The van der Waals surface area contributed by atoms with Crippen molar-refractivity contribution >= 4 is 46.3 Å². The van der Waals surface area contributed by atoms with Crippen LogP contribution in [0.5, 0.6) is 0 Å². The van der Waals surface area contributed by atoms with E-state index >= 15 is 0 Å². The van der Waals surface area contributed by atoms with Crippen LogP contribution in [0.1, 0.15) is 173 Å². The van der Waals surface area contributed by atoms with Crippen LogP contribution < -0.4 is 31.7 Å². The van der Waals surface area contributed by atoms with Gasteiger partial charge in [0.2, 0.25) is 0 Å². The molecule has 2 aliphatic carbocycles. The van der Waals surface area contributed by atoms with E-state index in [1.807, 2.05) is 46.8 Å². The summed E-state index contributed by atoms with van der Waals surface area (Å²) in [5, 5.41) is 8.21. The molecule has 2 heterocycles. The van der Waals surface area contributed by atoms with Gasteiger partial charge in [-0.3, -0.25) is 23.7 Å². The number of aliphatic imine (C=N–C) groups is 2. The summed E-state index contributed by atoms with van der Waals surface area (Å²) >= 11 is 0. The number of ether oxygens (including phenoxy) is 2. The van der Waals surface area contributed by atoms with Crippen molar-refractivity contribution in [3.8, 4) is 0 Å². The van der Waals surface area contributed by atoms with Gasteiger partial charge in [-0.25, -0.2) is 19.3 Å². The number of aromatic nitrogens is 1. The lowest BCUT2D eigenvalue weighted by Crippen LogP contribution is -2.39. The highest BCUT2D eigenvalue weighted by Crippen LogP contribution is 2.70. The molecular weight excluding hydrogens is 943 g/mol. The summed E-state index contributed by atoms with van der Waals surface area (Å²) in [7, 11) is -7.88. The molecule has 19 nitrogen and oxygen atoms in total. The highest BCUT2D eigenvalue weighted by atomic mass is 31.3. The number of hydrogen-bond acceptors (Lipinski definition) is 17. The molecule has 0 amide bonds. The fourth-order valence-corrected chi connectivity index (χ4v) is 14.4. The predicted molar refractivity (Wildman–Crippen MR) is 282 cm³/mol. The third-order valence-corrected chi connectivity index (χ3v) is 17.5. The quantitative estimate of drug-likeness (QED) is 0.0346. The van der Waals surface area contributed by atoms with Crippen LogP contribution in [0.25, 0.3) is 0 Å². The van der Waals surface area contributed by atoms with Crippen LogP contribution in [0.2, 0.25) is 0 Å². The SMILES string of the molecule is CC(C)OC(=NC1CCCCC1)NC1CCCCC1.CC(C)ON1NNc2cccnc21.CCCP(=O)([O-])OP(=O)(CCC)OP(=O)(CCC)OC(C)C.CCNC(=NCCCN(C)C)OC(C)C. The Morgan fingerprint density at radius 2 is 1.38 bits per heavy atom. The number of fused-ring (bicyclic) bond motifs is 1. The molecule has 0 aromatic carbocycles. The Bertz CT molecular complexity index is 1710. The van der Waals surface area contributed by atoms with E-state index in [1.165, 1.54) is 69.4 Å². The van der Waals surface area contributed by atoms with Crippen molar-refractivity contribution in [2.45, 2.75) is 209 Å². The van der Waals surface area contributed by atoms with E-state index in [2.05, 4.69) is 64.4 Å². The molecule has 4 N–H and O–H groups in total. The topological polar surface area (TPSA) is 222 Å². The van der Waals surface area contributed by atoms with Gasteiger partial charge in [-0.15, -0.1) is 10.7 Å². The molecule has 1 aliphatic heterocycles. The van der Waals surface area contributed by atoms with Crippen LogP contribution in [0.3, 0.4) is 0 Å². The van der Waals surface area contributed by atoms with Gasteiger partial charge in [0, 0.05) is 31.5 Å². The fourth-order valence-electron chi connectivity index (χ4n) is 7.08. The molecule has 1 aromatic rings. The zero-order valence-corrected chi connectivity index (χ0v) is 47.7. The Morgan fingerprint density at radius 1 is 0.797 bits per heavy atom. The number of hydrogen-bond donors (Lipinski definition) is 4. The molecule has 2 fully saturated rings. The predicted octanol–water partition coefficient (Wildman–Crippen LogP) is 11.0. The Morgan fingerprint density at radius 3 is 1.91 bits per heavy atom. The number of anilines is 2. The Hall–Kier alpha value is -2.30. The van der Waals surface area contributed by atoms with E-state index < -0.39 is 28.9 Å². The van der Waals surface area contributed by atoms with Gasteiger partial charge in [0.05, 0.1) is 48.5 Å². The summed E-state index contributed by atoms with van der Waals surface area (Å²) in [5.74, 6) is 0.760. The van der Waals surface area contributed by atoms with Crippen LogP contribution in [0.4, 0.5) is 11.5 Å². The second kappa shape index (κ2) is 35.8. The summed E-state index contributed by atoms with van der Waals surface area (Å²) in [6.45, 7) is 25.4. The number of hydrazine groups is 2. The van der Waals surface area contributed by atoms with Crippen molar-refractivity contribution in [2.24, 2.45) is 9.98 Å². The van der Waals surface area contributed by atoms with Crippen LogP contribution in [0.15, 0.2) is 28.3 Å². The van der Waals surface area contributed by atoms with Crippen molar-refractivity contribution in [3.05, 3.63) is 18.3 Å². The maximum atomic E-state index is 12.7. The molecule has 4 rings (SSSR count). The lowest BCUT2D eigenvalue weighted by molar-refractivity contribution is -0.191. The Kier molecular flexibility index (Phi) is 33.5. The third-order valence-electron chi connectivity index (χ3n) is 9.80. The first kappa shape index (κ1) is 64.7. The van der Waals surface area contributed by atoms with E-state index in [4.69, 9.17) is 32.4 Å². The second-order valence-corrected chi connectivity index (χ2v) is 25.3. The average Bonchev–Trinajstić information content (AvgIpc) is 3.64. The zero-order chi connectivity index (χ0) is 51.9. The number of rotatable bonds is 23. The van der Waals surface area contributed by atoms with E-state index in [0.29, 0.717) is 37.4 Å². The van der Waals surface area contributed by atoms with Crippen molar-refractivity contribution in [2.75, 3.05) is 62.8 Å². The summed E-state index contributed by atoms with van der Waals surface area (Å²) in [5.41, 5.74) is 6.72. The smallest absolute Gasteiger partial charge is 0.342 e. The maximum absolute atomic E-state index is 12.7. The van der Waals surface area contributed by atoms with Gasteiger partial charge in [0.25, 0.3) is 12.0 Å². The molecule has 22 heteroatoms. The fraction of sp³-hybridized carbons (Fsp3) is 0.851. The molecule has 0 saturated heterocycles. The standard InChI is InChI=1S/C16H30N2O.C12H29O7P3.C11H25N3O.C8H12N4O/c1-13(2)19-16(17-14-9-5-3-6-10-14)18-15-11-7-4-8-12-15;1-6-9-20(13,14)18-22(16,11-8-3)19-21(15,10-7-2)17-12(4)5;1-6-12-11(15-10(2)3)13-8-7-9-14(4)5;1-6(2)13-12-8-7(10-11-12)4-3-5-9-8/h13-15H,3-12H2,1-2H3,(H,17,18);12H,6-11H2,1-5H3,(H,13,14);10H,6-9H2,1-5H3,(H,12,13);3-6,10-11H,1-2H3/p-1. The highest BCUT2D eigenvalue weighted by Gasteiger charge is 2.39. The van der Waals surface area contributed by atoms with Crippen molar-refractivity contribution in [1.29, 1.82) is 0 Å². The van der Waals surface area contributed by atoms with Crippen molar-refractivity contribution < 1.29 is 46.0 Å². The van der Waals surface area contributed by atoms with E-state index in [1.54, 1.807) is 40.8 Å². The molecule has 404 valence electrons. The average molecular weight is 1040 g/mol. The first-order valence-electron chi connectivity index (χ1n) is 25.7.